The third kappa shape index (κ3) is 7.79. The largest absolute Gasteiger partial charge is 0.497 e. The van der Waals surface area contributed by atoms with Crippen molar-refractivity contribution in [2.24, 2.45) is 0 Å². The summed E-state index contributed by atoms with van der Waals surface area (Å²) in [5.41, 5.74) is 3.61. The summed E-state index contributed by atoms with van der Waals surface area (Å²) in [5, 5.41) is 11.1. The molecule has 0 atom stereocenters. The summed E-state index contributed by atoms with van der Waals surface area (Å²) in [6.45, 7) is 9.23. The van der Waals surface area contributed by atoms with Crippen molar-refractivity contribution >= 4 is 53.9 Å². The molecule has 6 rings (SSSR count). The Bertz CT molecular complexity index is 2000. The van der Waals surface area contributed by atoms with E-state index in [9.17, 15) is 4.79 Å². The first-order valence-electron chi connectivity index (χ1n) is 14.8. The van der Waals surface area contributed by atoms with Gasteiger partial charge in [-0.1, -0.05) is 24.3 Å². The Labute approximate surface area is 284 Å². The van der Waals surface area contributed by atoms with Crippen LogP contribution in [0.4, 0.5) is 0 Å². The van der Waals surface area contributed by atoms with Crippen LogP contribution in [0.1, 0.15) is 44.9 Å². The molecule has 10 nitrogen and oxygen atoms in total. The van der Waals surface area contributed by atoms with Crippen LogP contribution in [0.3, 0.4) is 0 Å². The van der Waals surface area contributed by atoms with Crippen LogP contribution in [-0.2, 0) is 13.1 Å². The summed E-state index contributed by atoms with van der Waals surface area (Å²) in [6, 6.07) is 19.7. The number of ether oxygens (including phenoxy) is 3. The van der Waals surface area contributed by atoms with Crippen molar-refractivity contribution < 1.29 is 14.2 Å². The number of benzene rings is 2. The van der Waals surface area contributed by atoms with Gasteiger partial charge in [0.2, 0.25) is 5.88 Å². The fourth-order valence-corrected chi connectivity index (χ4v) is 5.74. The highest BCUT2D eigenvalue weighted by atomic mass is 79.9. The summed E-state index contributed by atoms with van der Waals surface area (Å²) in [4.78, 5) is 16.8. The molecule has 46 heavy (non-hydrogen) atoms. The molecule has 0 saturated carbocycles. The molecule has 0 aliphatic rings. The Morgan fingerprint density at radius 2 is 1.26 bits per heavy atom. The average molecular weight is 753 g/mol. The van der Waals surface area contributed by atoms with Crippen LogP contribution >= 0.6 is 31.9 Å². The first-order valence-corrected chi connectivity index (χ1v) is 16.4. The molecule has 0 bridgehead atoms. The molecule has 6 aromatic rings. The van der Waals surface area contributed by atoms with E-state index < -0.39 is 0 Å². The zero-order chi connectivity index (χ0) is 33.0. The van der Waals surface area contributed by atoms with Crippen LogP contribution in [0.15, 0.2) is 86.8 Å². The fraction of sp³-hybridized carbons (Fsp3) is 0.294. The third-order valence-corrected chi connectivity index (χ3v) is 8.17. The molecule has 0 saturated heterocycles. The topological polar surface area (TPSA) is 98.2 Å². The molecule has 0 N–H and O–H groups in total. The molecular weight excluding hydrogens is 716 g/mol. The molecule has 0 amide bonds. The number of pyridine rings is 2. The minimum absolute atomic E-state index is 0.0480. The summed E-state index contributed by atoms with van der Waals surface area (Å²) in [7, 11) is 3.31. The van der Waals surface area contributed by atoms with Crippen molar-refractivity contribution in [1.82, 2.24) is 29.1 Å². The maximum atomic E-state index is 12.3. The molecule has 0 aliphatic carbocycles. The van der Waals surface area contributed by atoms with Gasteiger partial charge in [0.05, 0.1) is 42.4 Å². The van der Waals surface area contributed by atoms with E-state index in [1.54, 1.807) is 18.8 Å². The van der Waals surface area contributed by atoms with Crippen LogP contribution in [0, 0.1) is 0 Å². The summed E-state index contributed by atoms with van der Waals surface area (Å²) in [6.07, 6.45) is 4.01. The van der Waals surface area contributed by atoms with Crippen molar-refractivity contribution in [1.29, 1.82) is 0 Å². The second kappa shape index (κ2) is 14.5. The number of rotatable bonds is 9. The Kier molecular flexibility index (Phi) is 10.5. The van der Waals surface area contributed by atoms with Gasteiger partial charge in [-0.15, -0.1) is 0 Å². The lowest BCUT2D eigenvalue weighted by Gasteiger charge is -2.10. The van der Waals surface area contributed by atoms with Crippen molar-refractivity contribution in [3.05, 3.63) is 103 Å². The number of methoxy groups -OCH3 is 2. The highest BCUT2D eigenvalue weighted by Gasteiger charge is 2.14. The first kappa shape index (κ1) is 33.2. The molecule has 0 aliphatic heterocycles. The molecule has 12 heteroatoms. The lowest BCUT2D eigenvalue weighted by Crippen LogP contribution is -2.23. The van der Waals surface area contributed by atoms with E-state index in [4.69, 9.17) is 14.2 Å². The van der Waals surface area contributed by atoms with Gasteiger partial charge >= 0.3 is 0 Å². The number of aromatic nitrogens is 6. The van der Waals surface area contributed by atoms with Crippen molar-refractivity contribution in [3.63, 3.8) is 0 Å². The monoisotopic (exact) mass is 750 g/mol. The predicted molar refractivity (Wildman–Crippen MR) is 187 cm³/mol. The number of nitrogens with zero attached hydrogens (tertiary/aromatic N) is 6. The van der Waals surface area contributed by atoms with Gasteiger partial charge in [-0.05, 0) is 107 Å². The smallest absolute Gasteiger partial charge is 0.266 e. The number of fused-ring (bicyclic) bond motifs is 2. The van der Waals surface area contributed by atoms with Gasteiger partial charge in [0.1, 0.15) is 11.5 Å². The van der Waals surface area contributed by atoms with E-state index in [0.29, 0.717) is 34.7 Å². The molecule has 0 spiro atoms. The fourth-order valence-electron chi connectivity index (χ4n) is 4.87. The normalized spacial score (nSPS) is 11.3. The van der Waals surface area contributed by atoms with Gasteiger partial charge in [0.25, 0.3) is 5.56 Å². The van der Waals surface area contributed by atoms with E-state index >= 15 is 0 Å². The maximum absolute atomic E-state index is 12.3. The second-order valence-corrected chi connectivity index (χ2v) is 13.0. The highest BCUT2D eigenvalue weighted by molar-refractivity contribution is 9.10. The number of hydrogen-bond acceptors (Lipinski definition) is 7. The van der Waals surface area contributed by atoms with Crippen LogP contribution < -0.4 is 19.8 Å². The predicted octanol–water partition coefficient (Wildman–Crippen LogP) is 7.64. The van der Waals surface area contributed by atoms with Gasteiger partial charge < -0.3 is 14.2 Å². The molecule has 0 unspecified atom stereocenters. The van der Waals surface area contributed by atoms with Crippen LogP contribution in [0.2, 0.25) is 0 Å². The van der Waals surface area contributed by atoms with E-state index in [1.165, 1.54) is 0 Å². The highest BCUT2D eigenvalue weighted by Crippen LogP contribution is 2.28. The zero-order valence-corrected chi connectivity index (χ0v) is 29.7. The summed E-state index contributed by atoms with van der Waals surface area (Å²) < 4.78 is 22.9. The van der Waals surface area contributed by atoms with E-state index in [-0.39, 0.29) is 17.7 Å². The maximum Gasteiger partial charge on any atom is 0.266 e. The van der Waals surface area contributed by atoms with E-state index in [2.05, 4.69) is 47.0 Å². The van der Waals surface area contributed by atoms with Gasteiger partial charge in [-0.2, -0.15) is 15.2 Å². The summed E-state index contributed by atoms with van der Waals surface area (Å²) >= 11 is 6.84. The van der Waals surface area contributed by atoms with E-state index in [1.807, 2.05) is 110 Å². The van der Waals surface area contributed by atoms with Crippen LogP contribution in [-0.4, -0.2) is 49.4 Å². The van der Waals surface area contributed by atoms with Crippen LogP contribution in [0.5, 0.6) is 17.4 Å². The van der Waals surface area contributed by atoms with Crippen molar-refractivity contribution in [2.45, 2.75) is 52.9 Å². The Morgan fingerprint density at radius 3 is 1.78 bits per heavy atom. The van der Waals surface area contributed by atoms with Gasteiger partial charge in [0.15, 0.2) is 11.3 Å². The van der Waals surface area contributed by atoms with Crippen LogP contribution in [0.25, 0.3) is 22.1 Å². The summed E-state index contributed by atoms with van der Waals surface area (Å²) in [5.74, 6) is 2.25. The standard InChI is InChI=1S/2C17H18BrN3O2/c1-11(2)21-16-13(8-15(18)17(21)22)10-20(19-16)9-12-4-6-14(23-3)7-5-12;1-11(2)23-17-15(18)8-13-10-21(20-16(13)19-17)9-12-4-6-14(22-3)7-5-12/h2*4-8,10-11H,9H2,1-3H3. The van der Waals surface area contributed by atoms with Crippen molar-refractivity contribution in [2.75, 3.05) is 14.2 Å². The zero-order valence-electron chi connectivity index (χ0n) is 26.6. The Balaban J connectivity index is 0.000000181. The molecular formula is C34H36Br2N6O4. The SMILES string of the molecule is COc1ccc(Cn2cc3cc(Br)c(=O)n(C(C)C)c3n2)cc1.COc1ccc(Cn2cc3cc(Br)c(OC(C)C)nc3n2)cc1. The van der Waals surface area contributed by atoms with Crippen molar-refractivity contribution in [3.8, 4) is 17.4 Å². The molecule has 2 aromatic carbocycles. The van der Waals surface area contributed by atoms with Gasteiger partial charge in [-0.25, -0.2) is 0 Å². The molecule has 0 radical (unpaired) electrons. The Hall–Kier alpha value is -4.16. The van der Waals surface area contributed by atoms with Gasteiger partial charge in [-0.3, -0.25) is 18.7 Å². The molecule has 240 valence electrons. The quantitative estimate of drug-likeness (QED) is 0.150. The average Bonchev–Trinajstić information content (AvgIpc) is 3.60. The third-order valence-electron chi connectivity index (χ3n) is 7.04. The lowest BCUT2D eigenvalue weighted by atomic mass is 10.2. The molecule has 4 aromatic heterocycles. The lowest BCUT2D eigenvalue weighted by molar-refractivity contribution is 0.231. The molecule has 4 heterocycles. The Morgan fingerprint density at radius 1 is 0.739 bits per heavy atom. The first-order chi connectivity index (χ1) is 22.0. The second-order valence-electron chi connectivity index (χ2n) is 11.2. The number of halogens is 2. The van der Waals surface area contributed by atoms with Gasteiger partial charge in [0, 0.05) is 29.2 Å². The van der Waals surface area contributed by atoms with E-state index in [0.717, 1.165) is 37.9 Å². The minimum Gasteiger partial charge on any atom is -0.497 e. The minimum atomic E-state index is -0.0535. The number of hydrogen-bond donors (Lipinski definition) is 0. The molecule has 0 fully saturated rings.